The van der Waals surface area contributed by atoms with Crippen LogP contribution in [-0.2, 0) is 4.79 Å². The van der Waals surface area contributed by atoms with E-state index in [4.69, 9.17) is 5.73 Å². The van der Waals surface area contributed by atoms with Crippen molar-refractivity contribution in [1.29, 1.82) is 0 Å². The summed E-state index contributed by atoms with van der Waals surface area (Å²) in [6, 6.07) is 4.67. The lowest BCUT2D eigenvalue weighted by Gasteiger charge is -2.32. The van der Waals surface area contributed by atoms with Crippen LogP contribution >= 0.6 is 12.4 Å². The number of hydrogen-bond acceptors (Lipinski definition) is 4. The third kappa shape index (κ3) is 4.87. The van der Waals surface area contributed by atoms with E-state index >= 15 is 0 Å². The predicted octanol–water partition coefficient (Wildman–Crippen LogP) is 2.33. The molecule has 1 saturated carbocycles. The minimum Gasteiger partial charge on any atom is -0.352 e. The van der Waals surface area contributed by atoms with E-state index in [0.717, 1.165) is 18.8 Å². The highest BCUT2D eigenvalue weighted by Gasteiger charge is 2.35. The number of carbonyl (C=O) groups is 3. The molecule has 9 heteroatoms. The van der Waals surface area contributed by atoms with Gasteiger partial charge in [-0.15, -0.1) is 12.4 Å². The Morgan fingerprint density at radius 1 is 1.27 bits per heavy atom. The Bertz CT molecular complexity index is 829. The molecule has 4 rings (SSSR count). The van der Waals surface area contributed by atoms with Gasteiger partial charge in [0, 0.05) is 43.7 Å². The van der Waals surface area contributed by atoms with Gasteiger partial charge >= 0.3 is 6.03 Å². The molecule has 3 aliphatic rings. The summed E-state index contributed by atoms with van der Waals surface area (Å²) in [7, 11) is 0. The minimum atomic E-state index is -0.293. The number of carbonyl (C=O) groups excluding carboxylic acids is 3. The van der Waals surface area contributed by atoms with Crippen LogP contribution in [0.4, 0.5) is 16.2 Å². The van der Waals surface area contributed by atoms with Gasteiger partial charge in [0.15, 0.2) is 0 Å². The molecule has 164 valence electrons. The number of halogens is 1. The Balaban J connectivity index is 0.00000256. The van der Waals surface area contributed by atoms with Gasteiger partial charge in [-0.05, 0) is 43.9 Å². The number of nitrogens with one attached hydrogen (secondary N) is 2. The monoisotopic (exact) mass is 435 g/mol. The van der Waals surface area contributed by atoms with Crippen LogP contribution in [0.3, 0.4) is 0 Å². The number of rotatable bonds is 4. The SMILES string of the molecule is C[C@H]1CC(=O)Nc2cc(C(=O)NCCC3CC3)ccc2N1C(=O)N1CC[C@@H](N)C1.Cl. The van der Waals surface area contributed by atoms with Crippen LogP contribution in [0.5, 0.6) is 0 Å². The maximum absolute atomic E-state index is 13.2. The zero-order chi connectivity index (χ0) is 20.5. The maximum atomic E-state index is 13.2. The van der Waals surface area contributed by atoms with E-state index in [1.807, 2.05) is 6.92 Å². The van der Waals surface area contributed by atoms with Crippen LogP contribution in [0.25, 0.3) is 0 Å². The number of likely N-dealkylation sites (tertiary alicyclic amines) is 1. The summed E-state index contributed by atoms with van der Waals surface area (Å²) in [5, 5.41) is 5.80. The first-order valence-corrected chi connectivity index (χ1v) is 10.5. The van der Waals surface area contributed by atoms with Crippen LogP contribution in [0.15, 0.2) is 18.2 Å². The van der Waals surface area contributed by atoms with Crippen molar-refractivity contribution in [2.24, 2.45) is 11.7 Å². The van der Waals surface area contributed by atoms with Crippen LogP contribution in [0, 0.1) is 5.92 Å². The first-order valence-electron chi connectivity index (χ1n) is 10.5. The highest BCUT2D eigenvalue weighted by Crippen LogP contribution is 2.34. The second kappa shape index (κ2) is 9.22. The number of amides is 4. The molecule has 0 aromatic heterocycles. The highest BCUT2D eigenvalue weighted by molar-refractivity contribution is 6.06. The number of anilines is 2. The second-order valence-electron chi connectivity index (χ2n) is 8.47. The topological polar surface area (TPSA) is 108 Å². The summed E-state index contributed by atoms with van der Waals surface area (Å²) in [5.74, 6) is 0.420. The van der Waals surface area contributed by atoms with Gasteiger partial charge in [-0.3, -0.25) is 14.5 Å². The lowest BCUT2D eigenvalue weighted by molar-refractivity contribution is -0.116. The summed E-state index contributed by atoms with van der Waals surface area (Å²) in [6.07, 6.45) is 4.49. The average molecular weight is 436 g/mol. The molecule has 1 aromatic rings. The highest BCUT2D eigenvalue weighted by atomic mass is 35.5. The second-order valence-corrected chi connectivity index (χ2v) is 8.47. The van der Waals surface area contributed by atoms with Gasteiger partial charge in [0.05, 0.1) is 11.4 Å². The smallest absolute Gasteiger partial charge is 0.324 e. The predicted molar refractivity (Wildman–Crippen MR) is 118 cm³/mol. The Kier molecular flexibility index (Phi) is 6.88. The van der Waals surface area contributed by atoms with Crippen molar-refractivity contribution in [2.45, 2.75) is 51.1 Å². The molecule has 4 N–H and O–H groups in total. The summed E-state index contributed by atoms with van der Waals surface area (Å²) in [5.41, 5.74) is 7.55. The molecule has 0 bridgehead atoms. The van der Waals surface area contributed by atoms with Crippen molar-refractivity contribution in [3.8, 4) is 0 Å². The van der Waals surface area contributed by atoms with Gasteiger partial charge in [0.1, 0.15) is 0 Å². The fourth-order valence-corrected chi connectivity index (χ4v) is 4.09. The summed E-state index contributed by atoms with van der Waals surface area (Å²) < 4.78 is 0. The Labute approximate surface area is 182 Å². The van der Waals surface area contributed by atoms with Crippen molar-refractivity contribution in [3.63, 3.8) is 0 Å². The average Bonchev–Trinajstić information content (AvgIpc) is 3.42. The van der Waals surface area contributed by atoms with Crippen molar-refractivity contribution < 1.29 is 14.4 Å². The molecule has 0 unspecified atom stereocenters. The van der Waals surface area contributed by atoms with Gasteiger partial charge in [-0.25, -0.2) is 4.79 Å². The number of nitrogens with two attached hydrogens (primary N) is 1. The number of hydrogen-bond donors (Lipinski definition) is 3. The molecule has 0 radical (unpaired) electrons. The van der Waals surface area contributed by atoms with E-state index in [2.05, 4.69) is 10.6 Å². The minimum absolute atomic E-state index is 0. The largest absolute Gasteiger partial charge is 0.352 e. The van der Waals surface area contributed by atoms with Crippen LogP contribution in [0.2, 0.25) is 0 Å². The molecule has 4 amide bonds. The quantitative estimate of drug-likeness (QED) is 0.674. The van der Waals surface area contributed by atoms with E-state index in [1.54, 1.807) is 28.0 Å². The molecule has 2 heterocycles. The van der Waals surface area contributed by atoms with E-state index in [1.165, 1.54) is 12.8 Å². The van der Waals surface area contributed by atoms with Gasteiger partial charge < -0.3 is 21.3 Å². The maximum Gasteiger partial charge on any atom is 0.324 e. The first kappa shape index (κ1) is 22.4. The zero-order valence-corrected chi connectivity index (χ0v) is 18.0. The Morgan fingerprint density at radius 3 is 2.70 bits per heavy atom. The van der Waals surface area contributed by atoms with Crippen molar-refractivity contribution >= 4 is 41.6 Å². The molecule has 1 aliphatic carbocycles. The van der Waals surface area contributed by atoms with Crippen LogP contribution in [-0.4, -0.2) is 54.5 Å². The molecule has 30 heavy (non-hydrogen) atoms. The molecule has 1 saturated heterocycles. The first-order chi connectivity index (χ1) is 13.9. The molecule has 2 aliphatic heterocycles. The summed E-state index contributed by atoms with van der Waals surface area (Å²) >= 11 is 0. The number of benzene rings is 1. The van der Waals surface area contributed by atoms with E-state index in [-0.39, 0.29) is 48.8 Å². The third-order valence-corrected chi connectivity index (χ3v) is 5.95. The van der Waals surface area contributed by atoms with Gasteiger partial charge in [0.2, 0.25) is 5.91 Å². The molecular formula is C21H30ClN5O3. The van der Waals surface area contributed by atoms with E-state index in [0.29, 0.717) is 36.6 Å². The Hall–Kier alpha value is -2.32. The van der Waals surface area contributed by atoms with Gasteiger partial charge in [-0.2, -0.15) is 0 Å². The van der Waals surface area contributed by atoms with E-state index < -0.39 is 0 Å². The number of nitrogens with zero attached hydrogens (tertiary/aromatic N) is 2. The molecule has 0 spiro atoms. The lowest BCUT2D eigenvalue weighted by atomic mass is 10.1. The number of fused-ring (bicyclic) bond motifs is 1. The van der Waals surface area contributed by atoms with Crippen LogP contribution < -0.4 is 21.3 Å². The summed E-state index contributed by atoms with van der Waals surface area (Å²) in [6.45, 7) is 3.65. The van der Waals surface area contributed by atoms with Gasteiger partial charge in [-0.1, -0.05) is 12.8 Å². The molecule has 8 nitrogen and oxygen atoms in total. The van der Waals surface area contributed by atoms with Crippen LogP contribution in [0.1, 0.15) is 49.4 Å². The molecule has 1 aromatic carbocycles. The number of urea groups is 1. The summed E-state index contributed by atoms with van der Waals surface area (Å²) in [4.78, 5) is 41.4. The third-order valence-electron chi connectivity index (χ3n) is 5.95. The molecule has 2 fully saturated rings. The normalized spacial score (nSPS) is 23.2. The van der Waals surface area contributed by atoms with Crippen molar-refractivity contribution in [1.82, 2.24) is 10.2 Å². The van der Waals surface area contributed by atoms with E-state index in [9.17, 15) is 14.4 Å². The molecule has 2 atom stereocenters. The van der Waals surface area contributed by atoms with Crippen molar-refractivity contribution in [3.05, 3.63) is 23.8 Å². The fourth-order valence-electron chi connectivity index (χ4n) is 4.09. The van der Waals surface area contributed by atoms with Gasteiger partial charge in [0.25, 0.3) is 5.91 Å². The fraction of sp³-hybridized carbons (Fsp3) is 0.571. The van der Waals surface area contributed by atoms with Crippen molar-refractivity contribution in [2.75, 3.05) is 29.9 Å². The lowest BCUT2D eigenvalue weighted by Crippen LogP contribution is -2.47. The zero-order valence-electron chi connectivity index (χ0n) is 17.2. The Morgan fingerprint density at radius 2 is 2.03 bits per heavy atom. The standard InChI is InChI=1S/C21H29N5O3.ClH/c1-13-10-19(27)24-17-11-15(20(28)23-8-6-14-2-3-14)4-5-18(17)26(13)21(29)25-9-7-16(22)12-25;/h4-5,11,13-14,16H,2-3,6-10,12,22H2,1H3,(H,23,28)(H,24,27);1H/t13-,16+;/m0./s1. The molecular weight excluding hydrogens is 406 g/mol.